The minimum atomic E-state index is -0.561. The van der Waals surface area contributed by atoms with Crippen molar-refractivity contribution in [2.45, 2.75) is 6.42 Å². The number of benzene rings is 2. The van der Waals surface area contributed by atoms with Gasteiger partial charge in [-0.1, -0.05) is 47.2 Å². The molecule has 9 nitrogen and oxygen atoms in total. The predicted molar refractivity (Wildman–Crippen MR) is 118 cm³/mol. The number of carbonyl (C=O) groups is 4. The van der Waals surface area contributed by atoms with Gasteiger partial charge in [0, 0.05) is 13.0 Å². The predicted octanol–water partition coefficient (Wildman–Crippen LogP) is 2.40. The Bertz CT molecular complexity index is 1190. The molecule has 0 unspecified atom stereocenters. The lowest BCUT2D eigenvalue weighted by Crippen LogP contribution is -2.37. The zero-order valence-corrected chi connectivity index (χ0v) is 18.1. The number of imide groups is 1. The number of anilines is 1. The molecule has 4 amide bonds. The van der Waals surface area contributed by atoms with Crippen LogP contribution in [-0.4, -0.2) is 51.8 Å². The fraction of sp³-hybridized carbons (Fsp3) is 0.143. The Labute approximate surface area is 191 Å². The molecular weight excluding hydrogens is 454 g/mol. The highest BCUT2D eigenvalue weighted by atomic mass is 35.5. The third kappa shape index (κ3) is 4.51. The molecule has 2 N–H and O–H groups in total. The maximum atomic E-state index is 12.4. The van der Waals surface area contributed by atoms with Crippen LogP contribution in [0.5, 0.6) is 0 Å². The van der Waals surface area contributed by atoms with Crippen LogP contribution in [0.25, 0.3) is 0 Å². The van der Waals surface area contributed by atoms with Gasteiger partial charge in [0.05, 0.1) is 21.7 Å². The van der Waals surface area contributed by atoms with Crippen LogP contribution in [0.3, 0.4) is 0 Å². The van der Waals surface area contributed by atoms with Gasteiger partial charge in [0.2, 0.25) is 11.0 Å². The molecule has 162 valence electrons. The number of nitrogens with one attached hydrogen (secondary N) is 2. The molecule has 0 fully saturated rings. The molecule has 4 rings (SSSR count). The third-order valence-electron chi connectivity index (χ3n) is 4.64. The number of fused-ring (bicyclic) bond motifs is 1. The maximum Gasteiger partial charge on any atom is 0.262 e. The molecule has 0 saturated carbocycles. The Morgan fingerprint density at radius 1 is 0.969 bits per heavy atom. The number of nitrogens with zero attached hydrogens (tertiary/aromatic N) is 3. The molecule has 0 spiro atoms. The largest absolute Gasteiger partial charge is 0.352 e. The van der Waals surface area contributed by atoms with Crippen LogP contribution < -0.4 is 10.6 Å². The van der Waals surface area contributed by atoms with E-state index in [9.17, 15) is 19.2 Å². The van der Waals surface area contributed by atoms with Crippen LogP contribution in [0.2, 0.25) is 5.02 Å². The minimum absolute atomic E-state index is 0.235. The molecule has 0 aliphatic carbocycles. The van der Waals surface area contributed by atoms with Crippen molar-refractivity contribution in [2.75, 3.05) is 18.4 Å². The summed E-state index contributed by atoms with van der Waals surface area (Å²) in [5.74, 6) is -1.87. The first-order valence-corrected chi connectivity index (χ1v) is 10.7. The van der Waals surface area contributed by atoms with E-state index in [1.54, 1.807) is 48.5 Å². The number of aromatic nitrogens is 2. The van der Waals surface area contributed by atoms with Gasteiger partial charge >= 0.3 is 0 Å². The molecule has 1 aliphatic heterocycles. The summed E-state index contributed by atoms with van der Waals surface area (Å²) in [5, 5.41) is 14.4. The SMILES string of the molecule is O=C(CN1C(=O)c2ccccc2C1=O)Nc1nnc(CCNC(=O)c2ccccc2Cl)s1. The van der Waals surface area contributed by atoms with Crippen molar-refractivity contribution in [3.05, 3.63) is 75.3 Å². The van der Waals surface area contributed by atoms with E-state index in [4.69, 9.17) is 11.6 Å². The first kappa shape index (κ1) is 21.6. The van der Waals surface area contributed by atoms with E-state index in [-0.39, 0.29) is 22.2 Å². The van der Waals surface area contributed by atoms with Crippen molar-refractivity contribution in [1.82, 2.24) is 20.4 Å². The lowest BCUT2D eigenvalue weighted by molar-refractivity contribution is -0.116. The number of halogens is 1. The molecule has 1 aliphatic rings. The average Bonchev–Trinajstić information content (AvgIpc) is 3.32. The monoisotopic (exact) mass is 469 g/mol. The Kier molecular flexibility index (Phi) is 6.24. The van der Waals surface area contributed by atoms with E-state index in [2.05, 4.69) is 20.8 Å². The first-order chi connectivity index (χ1) is 15.4. The van der Waals surface area contributed by atoms with E-state index in [0.717, 1.165) is 16.2 Å². The van der Waals surface area contributed by atoms with E-state index < -0.39 is 24.3 Å². The highest BCUT2D eigenvalue weighted by molar-refractivity contribution is 7.15. The van der Waals surface area contributed by atoms with Crippen LogP contribution in [0.15, 0.2) is 48.5 Å². The number of carbonyl (C=O) groups excluding carboxylic acids is 4. The summed E-state index contributed by atoms with van der Waals surface area (Å²) < 4.78 is 0. The van der Waals surface area contributed by atoms with E-state index in [0.29, 0.717) is 28.6 Å². The van der Waals surface area contributed by atoms with Gasteiger partial charge in [-0.15, -0.1) is 10.2 Å². The molecule has 0 bridgehead atoms. The summed E-state index contributed by atoms with van der Waals surface area (Å²) in [6.07, 6.45) is 0.405. The third-order valence-corrected chi connectivity index (χ3v) is 5.86. The van der Waals surface area contributed by atoms with Crippen molar-refractivity contribution in [2.24, 2.45) is 0 Å². The fourth-order valence-corrected chi connectivity index (χ4v) is 4.09. The zero-order chi connectivity index (χ0) is 22.7. The maximum absolute atomic E-state index is 12.4. The van der Waals surface area contributed by atoms with Crippen molar-refractivity contribution in [3.63, 3.8) is 0 Å². The summed E-state index contributed by atoms with van der Waals surface area (Å²) in [7, 11) is 0. The molecule has 1 aromatic heterocycles. The molecule has 3 aromatic rings. The molecular formula is C21H16ClN5O4S. The van der Waals surface area contributed by atoms with Crippen molar-refractivity contribution in [3.8, 4) is 0 Å². The van der Waals surface area contributed by atoms with Gasteiger partial charge in [-0.2, -0.15) is 0 Å². The Morgan fingerprint density at radius 3 is 2.31 bits per heavy atom. The Morgan fingerprint density at radius 2 is 1.62 bits per heavy atom. The summed E-state index contributed by atoms with van der Waals surface area (Å²) in [5.41, 5.74) is 0.942. The normalized spacial score (nSPS) is 12.6. The highest BCUT2D eigenvalue weighted by Gasteiger charge is 2.36. The highest BCUT2D eigenvalue weighted by Crippen LogP contribution is 2.22. The van der Waals surface area contributed by atoms with Crippen LogP contribution in [0, 0.1) is 0 Å². The molecule has 11 heteroatoms. The molecule has 2 aromatic carbocycles. The molecule has 0 atom stereocenters. The van der Waals surface area contributed by atoms with Crippen molar-refractivity contribution in [1.29, 1.82) is 0 Å². The number of amides is 4. The van der Waals surface area contributed by atoms with E-state index in [1.165, 1.54) is 0 Å². The second-order valence-electron chi connectivity index (χ2n) is 6.78. The van der Waals surface area contributed by atoms with E-state index >= 15 is 0 Å². The quantitative estimate of drug-likeness (QED) is 0.512. The topological polar surface area (TPSA) is 121 Å². The summed E-state index contributed by atoms with van der Waals surface area (Å²) in [6, 6.07) is 13.2. The van der Waals surface area contributed by atoms with Crippen molar-refractivity contribution < 1.29 is 19.2 Å². The van der Waals surface area contributed by atoms with Crippen LogP contribution >= 0.6 is 22.9 Å². The second kappa shape index (κ2) is 9.25. The summed E-state index contributed by atoms with van der Waals surface area (Å²) >= 11 is 7.14. The van der Waals surface area contributed by atoms with Gasteiger partial charge in [0.15, 0.2) is 0 Å². The smallest absolute Gasteiger partial charge is 0.262 e. The fourth-order valence-electron chi connectivity index (χ4n) is 3.11. The zero-order valence-electron chi connectivity index (χ0n) is 16.5. The standard InChI is InChI=1S/C21H16ClN5O4S/c22-15-8-4-3-7-14(15)18(29)23-10-9-17-25-26-21(32-17)24-16(28)11-27-19(30)12-5-1-2-6-13(12)20(27)31/h1-8H,9-11H2,(H,23,29)(H,24,26,28). The van der Waals surface area contributed by atoms with Gasteiger partial charge in [-0.3, -0.25) is 29.4 Å². The Balaban J connectivity index is 1.28. The lowest BCUT2D eigenvalue weighted by atomic mass is 10.1. The summed E-state index contributed by atoms with van der Waals surface area (Å²) in [4.78, 5) is 50.1. The minimum Gasteiger partial charge on any atom is -0.352 e. The van der Waals surface area contributed by atoms with Crippen LogP contribution in [0.4, 0.5) is 5.13 Å². The van der Waals surface area contributed by atoms with Gasteiger partial charge < -0.3 is 5.32 Å². The first-order valence-electron chi connectivity index (χ1n) is 9.54. The molecule has 0 radical (unpaired) electrons. The Hall–Kier alpha value is -3.63. The number of hydrogen-bond acceptors (Lipinski definition) is 7. The lowest BCUT2D eigenvalue weighted by Gasteiger charge is -2.12. The van der Waals surface area contributed by atoms with Crippen LogP contribution in [0.1, 0.15) is 36.1 Å². The van der Waals surface area contributed by atoms with Gasteiger partial charge in [0.25, 0.3) is 17.7 Å². The number of rotatable bonds is 7. The molecule has 0 saturated heterocycles. The van der Waals surface area contributed by atoms with Crippen molar-refractivity contribution >= 4 is 51.7 Å². The summed E-state index contributed by atoms with van der Waals surface area (Å²) in [6.45, 7) is -0.114. The number of hydrogen-bond donors (Lipinski definition) is 2. The van der Waals surface area contributed by atoms with Gasteiger partial charge in [0.1, 0.15) is 11.6 Å². The van der Waals surface area contributed by atoms with Gasteiger partial charge in [-0.05, 0) is 24.3 Å². The second-order valence-corrected chi connectivity index (χ2v) is 8.25. The van der Waals surface area contributed by atoms with E-state index in [1.807, 2.05) is 0 Å². The molecule has 32 heavy (non-hydrogen) atoms. The average molecular weight is 470 g/mol. The van der Waals surface area contributed by atoms with Crippen LogP contribution in [-0.2, 0) is 11.2 Å². The molecule has 2 heterocycles. The van der Waals surface area contributed by atoms with Gasteiger partial charge in [-0.25, -0.2) is 0 Å².